The lowest BCUT2D eigenvalue weighted by molar-refractivity contribution is -0.185. The van der Waals surface area contributed by atoms with Gasteiger partial charge in [-0.05, 0) is 53.6 Å². The Kier molecular flexibility index (Phi) is 4.74. The highest BCUT2D eigenvalue weighted by atomic mass is 127. The van der Waals surface area contributed by atoms with Gasteiger partial charge in [0.05, 0.1) is 15.4 Å². The van der Waals surface area contributed by atoms with Crippen molar-refractivity contribution in [3.63, 3.8) is 0 Å². The van der Waals surface area contributed by atoms with Gasteiger partial charge in [-0.25, -0.2) is 4.79 Å². The molecule has 10 heteroatoms. The first-order valence-corrected chi connectivity index (χ1v) is 10.1. The van der Waals surface area contributed by atoms with Crippen LogP contribution in [0.3, 0.4) is 0 Å². The average Bonchev–Trinajstić information content (AvgIpc) is 3.20. The molecule has 0 aromatic heterocycles. The maximum Gasteiger partial charge on any atom is 0.377 e. The topological polar surface area (TPSA) is 99.1 Å². The number of benzene rings is 1. The summed E-state index contributed by atoms with van der Waals surface area (Å²) in [5, 5.41) is 9.64. The standard InChI is InChI=1S/C19H17F2IO7/c1-6-3-7(23)4-10(22)13(6)27-16(24)12-9-5-8-11(12)17(25)28-14(8)15(9)29-18(26)19(2,20)21/h3-4,8-9,11-12,14-15,23H,5H2,1-2H3. The summed E-state index contributed by atoms with van der Waals surface area (Å²) >= 11 is 1.91. The number of rotatable bonds is 4. The summed E-state index contributed by atoms with van der Waals surface area (Å²) in [6.45, 7) is 2.08. The molecule has 7 nitrogen and oxygen atoms in total. The quantitative estimate of drug-likeness (QED) is 0.369. The van der Waals surface area contributed by atoms with Crippen LogP contribution in [-0.2, 0) is 23.9 Å². The Bertz CT molecular complexity index is 889. The second kappa shape index (κ2) is 6.78. The lowest BCUT2D eigenvalue weighted by atomic mass is 9.78. The van der Waals surface area contributed by atoms with Crippen molar-refractivity contribution in [1.82, 2.24) is 0 Å². The van der Waals surface area contributed by atoms with E-state index in [0.717, 1.165) is 0 Å². The number of hydrogen-bond acceptors (Lipinski definition) is 7. The van der Waals surface area contributed by atoms with Crippen molar-refractivity contribution < 1.29 is 42.5 Å². The third-order valence-corrected chi connectivity index (χ3v) is 6.64. The molecule has 2 saturated carbocycles. The van der Waals surface area contributed by atoms with E-state index in [2.05, 4.69) is 0 Å². The van der Waals surface area contributed by atoms with E-state index in [0.29, 0.717) is 22.5 Å². The third kappa shape index (κ3) is 3.24. The molecule has 0 amide bonds. The number of aryl methyl sites for hydroxylation is 1. The van der Waals surface area contributed by atoms with Crippen LogP contribution in [0.4, 0.5) is 8.78 Å². The fourth-order valence-electron chi connectivity index (χ4n) is 4.71. The number of carbonyl (C=O) groups excluding carboxylic acids is 3. The van der Waals surface area contributed by atoms with E-state index < -0.39 is 53.8 Å². The summed E-state index contributed by atoms with van der Waals surface area (Å²) in [6.07, 6.45) is -1.58. The zero-order valence-electron chi connectivity index (χ0n) is 15.4. The first-order valence-electron chi connectivity index (χ1n) is 8.99. The van der Waals surface area contributed by atoms with Crippen molar-refractivity contribution in [1.29, 1.82) is 0 Å². The molecular formula is C19H17F2IO7. The van der Waals surface area contributed by atoms with Crippen LogP contribution in [-0.4, -0.2) is 41.1 Å². The lowest BCUT2D eigenvalue weighted by Crippen LogP contribution is -2.46. The number of phenolic OH excluding ortho intramolecular Hbond substituents is 1. The smallest absolute Gasteiger partial charge is 0.377 e. The van der Waals surface area contributed by atoms with Gasteiger partial charge in [0.1, 0.15) is 23.7 Å². The molecule has 156 valence electrons. The first kappa shape index (κ1) is 20.3. The van der Waals surface area contributed by atoms with Gasteiger partial charge in [0.25, 0.3) is 0 Å². The van der Waals surface area contributed by atoms with Crippen LogP contribution in [0.2, 0.25) is 0 Å². The summed E-state index contributed by atoms with van der Waals surface area (Å²) in [5.74, 6) is -9.20. The molecule has 6 atom stereocenters. The molecule has 4 rings (SSSR count). The Balaban J connectivity index is 1.60. The van der Waals surface area contributed by atoms with Gasteiger partial charge in [0, 0.05) is 18.8 Å². The summed E-state index contributed by atoms with van der Waals surface area (Å²) < 4.78 is 42.9. The Labute approximate surface area is 177 Å². The predicted octanol–water partition coefficient (Wildman–Crippen LogP) is 2.59. The molecule has 1 aromatic carbocycles. The van der Waals surface area contributed by atoms with Gasteiger partial charge in [-0.2, -0.15) is 8.78 Å². The van der Waals surface area contributed by atoms with E-state index in [1.165, 1.54) is 12.1 Å². The molecule has 6 unspecified atom stereocenters. The second-order valence-corrected chi connectivity index (χ2v) is 8.93. The maximum absolute atomic E-state index is 13.3. The van der Waals surface area contributed by atoms with Crippen LogP contribution in [0.25, 0.3) is 0 Å². The fourth-order valence-corrected chi connectivity index (χ4v) is 5.56. The Hall–Kier alpha value is -1.98. The third-order valence-electron chi connectivity index (χ3n) is 5.84. The molecule has 2 bridgehead atoms. The number of fused-ring (bicyclic) bond motifs is 1. The molecule has 1 N–H and O–H groups in total. The van der Waals surface area contributed by atoms with Crippen LogP contribution in [0, 0.1) is 34.2 Å². The van der Waals surface area contributed by atoms with Gasteiger partial charge >= 0.3 is 23.8 Å². The number of alkyl halides is 2. The molecule has 0 spiro atoms. The summed E-state index contributed by atoms with van der Waals surface area (Å²) in [7, 11) is 0. The summed E-state index contributed by atoms with van der Waals surface area (Å²) in [5.41, 5.74) is 0.520. The number of hydrogen-bond donors (Lipinski definition) is 1. The SMILES string of the molecule is Cc1cc(O)cc(I)c1OC(=O)C1C2CC3C(OC(=O)C31)C2OC(=O)C(C)(F)F. The van der Waals surface area contributed by atoms with Crippen LogP contribution >= 0.6 is 22.6 Å². The van der Waals surface area contributed by atoms with Crippen molar-refractivity contribution in [2.24, 2.45) is 23.7 Å². The van der Waals surface area contributed by atoms with Crippen molar-refractivity contribution in [3.05, 3.63) is 21.3 Å². The van der Waals surface area contributed by atoms with E-state index in [9.17, 15) is 28.3 Å². The van der Waals surface area contributed by atoms with Crippen molar-refractivity contribution >= 4 is 40.5 Å². The number of aromatic hydroxyl groups is 1. The molecule has 1 aliphatic heterocycles. The minimum absolute atomic E-state index is 0.0151. The molecule has 1 aromatic rings. The molecule has 3 aliphatic rings. The molecule has 1 saturated heterocycles. The number of phenols is 1. The van der Waals surface area contributed by atoms with E-state index >= 15 is 0 Å². The zero-order valence-corrected chi connectivity index (χ0v) is 17.5. The number of ether oxygens (including phenoxy) is 3. The number of carbonyl (C=O) groups is 3. The first-order chi connectivity index (χ1) is 13.5. The number of halogens is 3. The molecular weight excluding hydrogens is 505 g/mol. The summed E-state index contributed by atoms with van der Waals surface area (Å²) in [4.78, 5) is 37.0. The van der Waals surface area contributed by atoms with Gasteiger partial charge in [-0.15, -0.1) is 0 Å². The minimum Gasteiger partial charge on any atom is -0.508 e. The van der Waals surface area contributed by atoms with Crippen LogP contribution < -0.4 is 4.74 Å². The molecule has 3 fully saturated rings. The van der Waals surface area contributed by atoms with Gasteiger partial charge in [-0.1, -0.05) is 0 Å². The van der Waals surface area contributed by atoms with Crippen molar-refractivity contribution in [2.45, 2.75) is 38.4 Å². The Morgan fingerprint density at radius 2 is 2.00 bits per heavy atom. The van der Waals surface area contributed by atoms with Gasteiger partial charge in [0.15, 0.2) is 0 Å². The van der Waals surface area contributed by atoms with Crippen LogP contribution in [0.1, 0.15) is 18.9 Å². The van der Waals surface area contributed by atoms with E-state index in [-0.39, 0.29) is 17.4 Å². The monoisotopic (exact) mass is 522 g/mol. The zero-order chi connectivity index (χ0) is 21.2. The van der Waals surface area contributed by atoms with E-state index in [1.54, 1.807) is 6.92 Å². The largest absolute Gasteiger partial charge is 0.508 e. The van der Waals surface area contributed by atoms with E-state index in [4.69, 9.17) is 14.2 Å². The Morgan fingerprint density at radius 1 is 1.31 bits per heavy atom. The molecule has 0 radical (unpaired) electrons. The average molecular weight is 522 g/mol. The fraction of sp³-hybridized carbons (Fsp3) is 0.526. The predicted molar refractivity (Wildman–Crippen MR) is 100 cm³/mol. The van der Waals surface area contributed by atoms with Gasteiger partial charge < -0.3 is 19.3 Å². The molecule has 1 heterocycles. The highest BCUT2D eigenvalue weighted by Crippen LogP contribution is 2.59. The van der Waals surface area contributed by atoms with E-state index in [1.807, 2.05) is 22.6 Å². The van der Waals surface area contributed by atoms with Crippen LogP contribution in [0.15, 0.2) is 12.1 Å². The second-order valence-electron chi connectivity index (χ2n) is 7.77. The number of esters is 3. The lowest BCUT2D eigenvalue weighted by Gasteiger charge is -2.30. The minimum atomic E-state index is -3.70. The van der Waals surface area contributed by atoms with Crippen LogP contribution in [0.5, 0.6) is 11.5 Å². The van der Waals surface area contributed by atoms with Crippen molar-refractivity contribution in [2.75, 3.05) is 0 Å². The van der Waals surface area contributed by atoms with Gasteiger partial charge in [-0.3, -0.25) is 9.59 Å². The van der Waals surface area contributed by atoms with Crippen molar-refractivity contribution in [3.8, 4) is 11.5 Å². The maximum atomic E-state index is 13.3. The highest BCUT2D eigenvalue weighted by molar-refractivity contribution is 14.1. The Morgan fingerprint density at radius 3 is 2.62 bits per heavy atom. The highest BCUT2D eigenvalue weighted by Gasteiger charge is 2.70. The van der Waals surface area contributed by atoms with Gasteiger partial charge in [0.2, 0.25) is 0 Å². The summed E-state index contributed by atoms with van der Waals surface area (Å²) in [6, 6.07) is 2.85. The normalized spacial score (nSPS) is 32.2. The molecule has 29 heavy (non-hydrogen) atoms. The molecule has 2 aliphatic carbocycles.